The molecule has 0 aromatic heterocycles. The fourth-order valence-corrected chi connectivity index (χ4v) is 7.50. The molecule has 2 bridgehead atoms. The van der Waals surface area contributed by atoms with Crippen molar-refractivity contribution in [1.82, 2.24) is 0 Å². The predicted octanol–water partition coefficient (Wildman–Crippen LogP) is 5.70. The molecule has 0 spiro atoms. The van der Waals surface area contributed by atoms with Crippen molar-refractivity contribution in [3.8, 4) is 0 Å². The van der Waals surface area contributed by atoms with Crippen LogP contribution in [0.1, 0.15) is 37.8 Å². The van der Waals surface area contributed by atoms with Gasteiger partial charge in [0, 0.05) is 6.07 Å². The Kier molecular flexibility index (Phi) is 5.24. The number of ketones is 1. The minimum Gasteiger partial charge on any atom is -0.298 e. The minimum absolute atomic E-state index is 0.0474. The highest BCUT2D eigenvalue weighted by atomic mass is 16.6. The highest BCUT2D eigenvalue weighted by Crippen LogP contribution is 2.75. The molecule has 1 aliphatic heterocycles. The topological polar surface area (TPSA) is 97.6 Å². The summed E-state index contributed by atoms with van der Waals surface area (Å²) in [6.07, 6.45) is 0.665. The molecule has 0 radical (unpaired) electrons. The summed E-state index contributed by atoms with van der Waals surface area (Å²) in [6, 6.07) is 25.0. The van der Waals surface area contributed by atoms with E-state index in [-0.39, 0.29) is 17.2 Å². The van der Waals surface area contributed by atoms with E-state index in [4.69, 9.17) is 0 Å². The third-order valence-electron chi connectivity index (χ3n) is 8.88. The molecule has 3 aromatic carbocycles. The number of nitro benzene ring substituents is 1. The second kappa shape index (κ2) is 8.31. The first-order valence-electron chi connectivity index (χ1n) is 12.9. The van der Waals surface area contributed by atoms with Crippen molar-refractivity contribution in [2.24, 2.45) is 22.7 Å². The molecular weight excluding hydrogens is 480 g/mol. The van der Waals surface area contributed by atoms with Crippen LogP contribution in [0.4, 0.5) is 11.4 Å². The van der Waals surface area contributed by atoms with Gasteiger partial charge in [-0.15, -0.1) is 0 Å². The van der Waals surface area contributed by atoms with Crippen molar-refractivity contribution in [2.45, 2.75) is 26.7 Å². The van der Waals surface area contributed by atoms with Crippen LogP contribution in [0.3, 0.4) is 0 Å². The van der Waals surface area contributed by atoms with Crippen molar-refractivity contribution in [3.63, 3.8) is 0 Å². The second-order valence-corrected chi connectivity index (χ2v) is 10.2. The predicted molar refractivity (Wildman–Crippen MR) is 143 cm³/mol. The molecule has 7 heteroatoms. The lowest BCUT2D eigenvalue weighted by Gasteiger charge is -2.38. The smallest absolute Gasteiger partial charge is 0.293 e. The fourth-order valence-electron chi connectivity index (χ4n) is 7.50. The molecule has 2 amide bonds. The first-order valence-corrected chi connectivity index (χ1v) is 12.9. The van der Waals surface area contributed by atoms with Crippen molar-refractivity contribution >= 4 is 40.1 Å². The van der Waals surface area contributed by atoms with Crippen LogP contribution in [-0.2, 0) is 14.4 Å². The van der Waals surface area contributed by atoms with Crippen LogP contribution >= 0.6 is 0 Å². The Morgan fingerprint density at radius 2 is 1.13 bits per heavy atom. The molecule has 0 N–H and O–H groups in total. The molecule has 2 aliphatic carbocycles. The summed E-state index contributed by atoms with van der Waals surface area (Å²) in [4.78, 5) is 55.4. The average Bonchev–Trinajstić information content (AvgIpc) is 3.45. The molecule has 1 heterocycles. The third-order valence-corrected chi connectivity index (χ3v) is 8.88. The van der Waals surface area contributed by atoms with Gasteiger partial charge in [0.15, 0.2) is 5.78 Å². The van der Waals surface area contributed by atoms with Gasteiger partial charge in [0.25, 0.3) is 5.69 Å². The molecule has 7 nitrogen and oxygen atoms in total. The quantitative estimate of drug-likeness (QED) is 0.243. The Morgan fingerprint density at radius 3 is 1.55 bits per heavy atom. The summed E-state index contributed by atoms with van der Waals surface area (Å²) in [5, 5.41) is 11.8. The highest BCUT2D eigenvalue weighted by Gasteiger charge is 2.80. The number of fused-ring (bicyclic) bond motifs is 5. The normalized spacial score (nSPS) is 27.8. The monoisotopic (exact) mass is 506 g/mol. The van der Waals surface area contributed by atoms with Gasteiger partial charge < -0.3 is 0 Å². The lowest BCUT2D eigenvalue weighted by molar-refractivity contribution is -0.384. The Hall–Kier alpha value is -4.39. The Morgan fingerprint density at radius 1 is 0.711 bits per heavy atom. The van der Waals surface area contributed by atoms with Crippen molar-refractivity contribution in [2.75, 3.05) is 4.90 Å². The van der Waals surface area contributed by atoms with Gasteiger partial charge in [-0.2, -0.15) is 0 Å². The van der Waals surface area contributed by atoms with E-state index >= 15 is 0 Å². The molecule has 4 atom stereocenters. The highest BCUT2D eigenvalue weighted by molar-refractivity contribution is 6.35. The standard InChI is InChI=1S/C31H26N2O5/c1-3-30-23(19-13-7-5-8-14-19)24(20-15-9-6-10-16-20)31(4-2,29(30)36)26-25(30)27(34)32(28(26)35)21-17-11-12-18-22(21)33(37)38/h5-18,25-26H,3-4H2,1-2H3/t25-,26-,30-,31+/m1/s1. The fraction of sp³-hybridized carbons (Fsp3) is 0.258. The molecule has 6 rings (SSSR count). The van der Waals surface area contributed by atoms with Crippen LogP contribution in [-0.4, -0.2) is 22.5 Å². The average molecular weight is 507 g/mol. The van der Waals surface area contributed by atoms with E-state index in [1.165, 1.54) is 18.2 Å². The SMILES string of the molecule is CC[C@]12C(=O)[C@](CC)(C(c3ccccc3)=C1c1ccccc1)[C@H]1C(=O)N(c3ccccc3[N+](=O)[O-])C(=O)[C@@H]12. The van der Waals surface area contributed by atoms with Gasteiger partial charge in [-0.05, 0) is 41.2 Å². The number of rotatable bonds is 6. The Balaban J connectivity index is 1.67. The van der Waals surface area contributed by atoms with Crippen molar-refractivity contribution < 1.29 is 19.3 Å². The zero-order valence-electron chi connectivity index (χ0n) is 21.1. The lowest BCUT2D eigenvalue weighted by atomic mass is 9.60. The maximum Gasteiger partial charge on any atom is 0.293 e. The van der Waals surface area contributed by atoms with Gasteiger partial charge in [-0.3, -0.25) is 24.5 Å². The summed E-state index contributed by atoms with van der Waals surface area (Å²) in [6.45, 7) is 3.78. The van der Waals surface area contributed by atoms with Crippen LogP contribution in [0, 0.1) is 32.8 Å². The molecular formula is C31H26N2O5. The summed E-state index contributed by atoms with van der Waals surface area (Å²) >= 11 is 0. The Bertz CT molecular complexity index is 1460. The summed E-state index contributed by atoms with van der Waals surface area (Å²) in [5.41, 5.74) is 0.476. The summed E-state index contributed by atoms with van der Waals surface area (Å²) in [5.74, 6) is -3.04. The number of amides is 2. The zero-order chi connectivity index (χ0) is 26.8. The number of carbonyl (C=O) groups is 3. The molecule has 38 heavy (non-hydrogen) atoms. The molecule has 1 saturated heterocycles. The first-order chi connectivity index (χ1) is 18.4. The van der Waals surface area contributed by atoms with Gasteiger partial charge in [0.1, 0.15) is 5.69 Å². The first kappa shape index (κ1) is 24.0. The summed E-state index contributed by atoms with van der Waals surface area (Å²) in [7, 11) is 0. The number of anilines is 1. The van der Waals surface area contributed by atoms with Gasteiger partial charge in [-0.1, -0.05) is 86.6 Å². The van der Waals surface area contributed by atoms with Gasteiger partial charge in [0.2, 0.25) is 11.8 Å². The number of hydrogen-bond acceptors (Lipinski definition) is 5. The third kappa shape index (κ3) is 2.71. The van der Waals surface area contributed by atoms with Crippen molar-refractivity contribution in [1.29, 1.82) is 0 Å². The number of Topliss-reactive ketones (excluding diaryl/α,β-unsaturated/α-hetero) is 1. The number of imide groups is 1. The largest absolute Gasteiger partial charge is 0.298 e. The number of nitrogens with zero attached hydrogens (tertiary/aromatic N) is 2. The van der Waals surface area contributed by atoms with Gasteiger partial charge in [0.05, 0.1) is 27.6 Å². The van der Waals surface area contributed by atoms with E-state index in [0.29, 0.717) is 12.8 Å². The molecule has 190 valence electrons. The maximum atomic E-state index is 14.7. The van der Waals surface area contributed by atoms with E-state index in [1.54, 1.807) is 6.07 Å². The van der Waals surface area contributed by atoms with E-state index < -0.39 is 39.4 Å². The molecule has 1 saturated carbocycles. The Labute approximate surface area is 219 Å². The number of nitro groups is 1. The van der Waals surface area contributed by atoms with Gasteiger partial charge >= 0.3 is 0 Å². The zero-order valence-corrected chi connectivity index (χ0v) is 21.1. The van der Waals surface area contributed by atoms with Crippen molar-refractivity contribution in [3.05, 3.63) is 106 Å². The number of carbonyl (C=O) groups excluding carboxylic acids is 3. The number of allylic oxidation sites excluding steroid dienone is 2. The van der Waals surface area contributed by atoms with Crippen LogP contribution in [0.15, 0.2) is 84.9 Å². The van der Waals surface area contributed by atoms with Crippen LogP contribution in [0.5, 0.6) is 0 Å². The second-order valence-electron chi connectivity index (χ2n) is 10.2. The number of benzene rings is 3. The summed E-state index contributed by atoms with van der Waals surface area (Å²) < 4.78 is 0. The minimum atomic E-state index is -1.22. The van der Waals surface area contributed by atoms with E-state index in [0.717, 1.165) is 27.2 Å². The molecule has 2 fully saturated rings. The molecule has 3 aromatic rings. The van der Waals surface area contributed by atoms with E-state index in [2.05, 4.69) is 0 Å². The number of para-hydroxylation sites is 2. The van der Waals surface area contributed by atoms with Crippen LogP contribution in [0.25, 0.3) is 11.1 Å². The van der Waals surface area contributed by atoms with E-state index in [1.807, 2.05) is 74.5 Å². The lowest BCUT2D eigenvalue weighted by Crippen LogP contribution is -2.42. The van der Waals surface area contributed by atoms with Crippen LogP contribution < -0.4 is 4.90 Å². The maximum absolute atomic E-state index is 14.7. The molecule has 3 aliphatic rings. The molecule has 0 unspecified atom stereocenters. The number of hydrogen-bond donors (Lipinski definition) is 0. The van der Waals surface area contributed by atoms with Gasteiger partial charge in [-0.25, -0.2) is 4.90 Å². The van der Waals surface area contributed by atoms with E-state index in [9.17, 15) is 24.5 Å². The van der Waals surface area contributed by atoms with Crippen LogP contribution in [0.2, 0.25) is 0 Å².